The van der Waals surface area contributed by atoms with Crippen LogP contribution in [0.15, 0.2) is 36.5 Å². The van der Waals surface area contributed by atoms with Gasteiger partial charge in [0.2, 0.25) is 0 Å². The third-order valence-electron chi connectivity index (χ3n) is 4.76. The van der Waals surface area contributed by atoms with E-state index in [4.69, 9.17) is 0 Å². The minimum atomic E-state index is 0.0361. The first kappa shape index (κ1) is 15.7. The highest BCUT2D eigenvalue weighted by atomic mass is 16.2. The molecule has 120 valence electrons. The standard InChI is InChI=1S/C19H23N3O/c1-13-16(10-20-14(2)21-13)18(23)22-11-17(19(3,4)12-22)15-8-6-5-7-9-15/h5-10,17H,11-12H2,1-4H3/t17-/m1/s1. The largest absolute Gasteiger partial charge is 0.337 e. The highest BCUT2D eigenvalue weighted by Crippen LogP contribution is 2.42. The Hall–Kier alpha value is -2.23. The second-order valence-electron chi connectivity index (χ2n) is 7.05. The molecule has 4 nitrogen and oxygen atoms in total. The Morgan fingerprint density at radius 3 is 2.57 bits per heavy atom. The normalized spacial score (nSPS) is 19.8. The first-order valence-electron chi connectivity index (χ1n) is 8.03. The van der Waals surface area contributed by atoms with Gasteiger partial charge in [0.05, 0.1) is 11.3 Å². The van der Waals surface area contributed by atoms with E-state index in [1.54, 1.807) is 6.20 Å². The van der Waals surface area contributed by atoms with E-state index in [9.17, 15) is 4.79 Å². The summed E-state index contributed by atoms with van der Waals surface area (Å²) in [5.41, 5.74) is 2.71. The predicted molar refractivity (Wildman–Crippen MR) is 90.4 cm³/mol. The van der Waals surface area contributed by atoms with Gasteiger partial charge in [0.1, 0.15) is 5.82 Å². The molecule has 23 heavy (non-hydrogen) atoms. The van der Waals surface area contributed by atoms with Crippen LogP contribution in [0.25, 0.3) is 0 Å². The van der Waals surface area contributed by atoms with Gasteiger partial charge in [-0.25, -0.2) is 9.97 Å². The van der Waals surface area contributed by atoms with Crippen LogP contribution in [0.3, 0.4) is 0 Å². The summed E-state index contributed by atoms with van der Waals surface area (Å²) in [4.78, 5) is 23.3. The lowest BCUT2D eigenvalue weighted by Crippen LogP contribution is -2.31. The molecule has 1 fully saturated rings. The first-order valence-corrected chi connectivity index (χ1v) is 8.03. The first-order chi connectivity index (χ1) is 10.9. The minimum Gasteiger partial charge on any atom is -0.337 e. The fourth-order valence-corrected chi connectivity index (χ4v) is 3.49. The molecular weight excluding hydrogens is 286 g/mol. The number of nitrogens with zero attached hydrogens (tertiary/aromatic N) is 3. The van der Waals surface area contributed by atoms with E-state index in [1.807, 2.05) is 24.8 Å². The molecule has 1 atom stereocenters. The van der Waals surface area contributed by atoms with Crippen LogP contribution in [0.2, 0.25) is 0 Å². The van der Waals surface area contributed by atoms with Crippen LogP contribution in [-0.2, 0) is 0 Å². The van der Waals surface area contributed by atoms with Crippen LogP contribution in [0.4, 0.5) is 0 Å². The van der Waals surface area contributed by atoms with Gasteiger partial charge in [0.15, 0.2) is 0 Å². The molecular formula is C19H23N3O. The highest BCUT2D eigenvalue weighted by molar-refractivity contribution is 5.95. The average Bonchev–Trinajstić information content (AvgIpc) is 2.83. The number of carbonyl (C=O) groups is 1. The number of amides is 1. The van der Waals surface area contributed by atoms with Gasteiger partial charge in [0.25, 0.3) is 5.91 Å². The maximum atomic E-state index is 12.9. The number of benzene rings is 1. The Morgan fingerprint density at radius 1 is 1.22 bits per heavy atom. The predicted octanol–water partition coefficient (Wildman–Crippen LogP) is 3.36. The molecule has 0 bridgehead atoms. The Labute approximate surface area is 137 Å². The zero-order valence-corrected chi connectivity index (χ0v) is 14.2. The van der Waals surface area contributed by atoms with Gasteiger partial charge in [-0.15, -0.1) is 0 Å². The Kier molecular flexibility index (Phi) is 3.92. The van der Waals surface area contributed by atoms with Crippen molar-refractivity contribution < 1.29 is 4.79 Å². The third kappa shape index (κ3) is 2.98. The number of rotatable bonds is 2. The van der Waals surface area contributed by atoms with Crippen molar-refractivity contribution >= 4 is 5.91 Å². The Bertz CT molecular complexity index is 725. The summed E-state index contributed by atoms with van der Waals surface area (Å²) in [7, 11) is 0. The lowest BCUT2D eigenvalue weighted by Gasteiger charge is -2.25. The Balaban J connectivity index is 1.86. The van der Waals surface area contributed by atoms with Crippen LogP contribution >= 0.6 is 0 Å². The average molecular weight is 309 g/mol. The van der Waals surface area contributed by atoms with Gasteiger partial charge in [-0.3, -0.25) is 4.79 Å². The fraction of sp³-hybridized carbons (Fsp3) is 0.421. The van der Waals surface area contributed by atoms with Crippen molar-refractivity contribution in [1.82, 2.24) is 14.9 Å². The van der Waals surface area contributed by atoms with Gasteiger partial charge in [0, 0.05) is 25.2 Å². The second-order valence-corrected chi connectivity index (χ2v) is 7.05. The van der Waals surface area contributed by atoms with Gasteiger partial charge < -0.3 is 4.90 Å². The van der Waals surface area contributed by atoms with Crippen LogP contribution in [0.5, 0.6) is 0 Å². The van der Waals surface area contributed by atoms with Gasteiger partial charge >= 0.3 is 0 Å². The second kappa shape index (κ2) is 5.76. The van der Waals surface area contributed by atoms with Crippen molar-refractivity contribution in [2.75, 3.05) is 13.1 Å². The van der Waals surface area contributed by atoms with Crippen molar-refractivity contribution in [3.05, 3.63) is 59.2 Å². The number of hydrogen-bond donors (Lipinski definition) is 0. The number of aromatic nitrogens is 2. The molecule has 1 amide bonds. The number of carbonyl (C=O) groups excluding carboxylic acids is 1. The maximum absolute atomic E-state index is 12.9. The molecule has 0 spiro atoms. The van der Waals surface area contributed by atoms with Crippen LogP contribution < -0.4 is 0 Å². The summed E-state index contributed by atoms with van der Waals surface area (Å²) in [5, 5.41) is 0. The molecule has 1 saturated heterocycles. The van der Waals surface area contributed by atoms with E-state index in [1.165, 1.54) is 5.56 Å². The maximum Gasteiger partial charge on any atom is 0.257 e. The molecule has 0 N–H and O–H groups in total. The summed E-state index contributed by atoms with van der Waals surface area (Å²) in [6.07, 6.45) is 1.66. The monoisotopic (exact) mass is 309 g/mol. The van der Waals surface area contributed by atoms with Crippen molar-refractivity contribution in [2.45, 2.75) is 33.6 Å². The zero-order chi connectivity index (χ0) is 16.6. The van der Waals surface area contributed by atoms with Crippen LogP contribution in [0.1, 0.15) is 47.2 Å². The van der Waals surface area contributed by atoms with E-state index < -0.39 is 0 Å². The minimum absolute atomic E-state index is 0.0361. The molecule has 2 heterocycles. The lowest BCUT2D eigenvalue weighted by atomic mass is 9.78. The third-order valence-corrected chi connectivity index (χ3v) is 4.76. The quantitative estimate of drug-likeness (QED) is 0.854. The van der Waals surface area contributed by atoms with Crippen molar-refractivity contribution in [1.29, 1.82) is 0 Å². The molecule has 4 heteroatoms. The number of aryl methyl sites for hydroxylation is 2. The highest BCUT2D eigenvalue weighted by Gasteiger charge is 2.42. The molecule has 1 aliphatic rings. The van der Waals surface area contributed by atoms with Crippen LogP contribution in [0, 0.1) is 19.3 Å². The van der Waals surface area contributed by atoms with Gasteiger partial charge in [-0.2, -0.15) is 0 Å². The summed E-state index contributed by atoms with van der Waals surface area (Å²) in [6.45, 7) is 9.66. The molecule has 1 aromatic heterocycles. The SMILES string of the molecule is Cc1ncc(C(=O)N2C[C@H](c3ccccc3)C(C)(C)C2)c(C)n1. The molecule has 3 rings (SSSR count). The topological polar surface area (TPSA) is 46.1 Å². The molecule has 1 aromatic carbocycles. The van der Waals surface area contributed by atoms with E-state index in [0.29, 0.717) is 17.3 Å². The van der Waals surface area contributed by atoms with Gasteiger partial charge in [-0.05, 0) is 24.8 Å². The van der Waals surface area contributed by atoms with E-state index in [0.717, 1.165) is 18.8 Å². The number of hydrogen-bond acceptors (Lipinski definition) is 3. The van der Waals surface area contributed by atoms with Crippen molar-refractivity contribution in [2.24, 2.45) is 5.41 Å². The molecule has 0 aliphatic carbocycles. The summed E-state index contributed by atoms with van der Waals surface area (Å²) in [5.74, 6) is 1.08. The van der Waals surface area contributed by atoms with E-state index >= 15 is 0 Å². The van der Waals surface area contributed by atoms with Crippen molar-refractivity contribution in [3.63, 3.8) is 0 Å². The van der Waals surface area contributed by atoms with E-state index in [-0.39, 0.29) is 11.3 Å². The Morgan fingerprint density at radius 2 is 1.91 bits per heavy atom. The fourth-order valence-electron chi connectivity index (χ4n) is 3.49. The zero-order valence-electron chi connectivity index (χ0n) is 14.2. The van der Waals surface area contributed by atoms with E-state index in [2.05, 4.69) is 48.1 Å². The molecule has 0 unspecified atom stereocenters. The summed E-state index contributed by atoms with van der Waals surface area (Å²) in [6, 6.07) is 10.5. The van der Waals surface area contributed by atoms with Crippen molar-refractivity contribution in [3.8, 4) is 0 Å². The smallest absolute Gasteiger partial charge is 0.257 e. The summed E-state index contributed by atoms with van der Waals surface area (Å²) < 4.78 is 0. The summed E-state index contributed by atoms with van der Waals surface area (Å²) >= 11 is 0. The number of likely N-dealkylation sites (tertiary alicyclic amines) is 1. The molecule has 0 radical (unpaired) electrons. The molecule has 0 saturated carbocycles. The molecule has 1 aliphatic heterocycles. The van der Waals surface area contributed by atoms with Gasteiger partial charge in [-0.1, -0.05) is 44.2 Å². The van der Waals surface area contributed by atoms with Crippen LogP contribution in [-0.4, -0.2) is 33.9 Å². The lowest BCUT2D eigenvalue weighted by molar-refractivity contribution is 0.0776. The molecule has 2 aromatic rings.